The number of likely N-dealkylation sites (N-methyl/N-ethyl adjacent to an activating group) is 1. The Balaban J connectivity index is 1.35. The minimum Gasteiger partial charge on any atom is -0.444 e. The molecule has 4 heterocycles. The van der Waals surface area contributed by atoms with Gasteiger partial charge in [0.05, 0.1) is 23.8 Å². The Hall–Kier alpha value is -3.65. The van der Waals surface area contributed by atoms with Crippen LogP contribution in [0.15, 0.2) is 59.6 Å². The fourth-order valence-electron chi connectivity index (χ4n) is 3.75. The average molecular weight is 414 g/mol. The number of carbonyl (C=O) groups excluding carboxylic acids is 1. The van der Waals surface area contributed by atoms with Crippen LogP contribution in [0.5, 0.6) is 0 Å². The summed E-state index contributed by atoms with van der Waals surface area (Å²) in [7, 11) is 2.11. The molecule has 5 rings (SSSR count). The monoisotopic (exact) mass is 414 g/mol. The maximum Gasteiger partial charge on any atom is 0.181 e. The molecule has 0 spiro atoms. The van der Waals surface area contributed by atoms with Crippen LogP contribution in [0.1, 0.15) is 16.1 Å². The van der Waals surface area contributed by atoms with Crippen molar-refractivity contribution in [3.05, 3.63) is 66.4 Å². The number of oxazole rings is 1. The molecule has 156 valence electrons. The van der Waals surface area contributed by atoms with Crippen molar-refractivity contribution in [2.75, 3.05) is 38.1 Å². The third kappa shape index (κ3) is 4.15. The summed E-state index contributed by atoms with van der Waals surface area (Å²) in [5, 5.41) is 9.42. The van der Waals surface area contributed by atoms with Crippen LogP contribution in [-0.2, 0) is 6.42 Å². The highest BCUT2D eigenvalue weighted by atomic mass is 16.3. The molecule has 0 radical (unpaired) electrons. The van der Waals surface area contributed by atoms with E-state index >= 15 is 0 Å². The summed E-state index contributed by atoms with van der Waals surface area (Å²) in [6.45, 7) is 3.79. The number of pyridine rings is 1. The molecule has 4 aromatic rings. The van der Waals surface area contributed by atoms with Gasteiger partial charge in [0.15, 0.2) is 17.9 Å². The van der Waals surface area contributed by atoms with Gasteiger partial charge >= 0.3 is 0 Å². The number of benzene rings is 1. The Morgan fingerprint density at radius 1 is 1.06 bits per heavy atom. The quantitative estimate of drug-likeness (QED) is 0.461. The van der Waals surface area contributed by atoms with Crippen LogP contribution in [0.25, 0.3) is 22.2 Å². The van der Waals surface area contributed by atoms with E-state index in [-0.39, 0.29) is 12.2 Å². The minimum absolute atomic E-state index is 0.00202. The molecular formula is C23H22N6O2. The highest BCUT2D eigenvalue weighted by Gasteiger charge is 2.17. The van der Waals surface area contributed by atoms with Gasteiger partial charge in [0.25, 0.3) is 0 Å². The summed E-state index contributed by atoms with van der Waals surface area (Å²) >= 11 is 0. The van der Waals surface area contributed by atoms with Crippen molar-refractivity contribution in [3.63, 3.8) is 0 Å². The molecule has 0 N–H and O–H groups in total. The van der Waals surface area contributed by atoms with Crippen LogP contribution in [0, 0.1) is 0 Å². The first-order valence-electron chi connectivity index (χ1n) is 10.2. The number of carbonyl (C=O) groups is 1. The van der Waals surface area contributed by atoms with Crippen molar-refractivity contribution in [1.82, 2.24) is 25.1 Å². The van der Waals surface area contributed by atoms with Crippen molar-refractivity contribution in [2.24, 2.45) is 0 Å². The van der Waals surface area contributed by atoms with Gasteiger partial charge in [-0.2, -0.15) is 10.2 Å². The molecule has 0 aliphatic carbocycles. The SMILES string of the molecule is CN1CCN(c2cc(C(=O)Cc3cc4cc(-c5cnco5)ccc4nn3)ccn2)CC1. The number of fused-ring (bicyclic) bond motifs is 1. The van der Waals surface area contributed by atoms with E-state index < -0.39 is 0 Å². The maximum absolute atomic E-state index is 12.9. The first-order valence-corrected chi connectivity index (χ1v) is 10.2. The molecule has 8 heteroatoms. The van der Waals surface area contributed by atoms with Crippen molar-refractivity contribution >= 4 is 22.5 Å². The molecule has 1 aromatic carbocycles. The zero-order chi connectivity index (χ0) is 21.2. The first kappa shape index (κ1) is 19.3. The molecule has 1 saturated heterocycles. The molecule has 0 amide bonds. The average Bonchev–Trinajstić information content (AvgIpc) is 3.34. The molecule has 0 atom stereocenters. The van der Waals surface area contributed by atoms with Crippen molar-refractivity contribution in [2.45, 2.75) is 6.42 Å². The summed E-state index contributed by atoms with van der Waals surface area (Å²) in [4.78, 5) is 25.9. The van der Waals surface area contributed by atoms with Crippen LogP contribution in [0.4, 0.5) is 5.82 Å². The van der Waals surface area contributed by atoms with Gasteiger partial charge in [-0.25, -0.2) is 9.97 Å². The topological polar surface area (TPSA) is 88.2 Å². The number of ketones is 1. The number of hydrogen-bond donors (Lipinski definition) is 0. The van der Waals surface area contributed by atoms with E-state index in [9.17, 15) is 4.79 Å². The van der Waals surface area contributed by atoms with Gasteiger partial charge in [0.2, 0.25) is 0 Å². The first-order chi connectivity index (χ1) is 15.2. The largest absolute Gasteiger partial charge is 0.444 e. The molecule has 8 nitrogen and oxygen atoms in total. The zero-order valence-corrected chi connectivity index (χ0v) is 17.2. The third-order valence-corrected chi connectivity index (χ3v) is 5.59. The normalized spacial score (nSPS) is 14.8. The molecular weight excluding hydrogens is 392 g/mol. The van der Waals surface area contributed by atoms with E-state index in [2.05, 4.69) is 37.0 Å². The lowest BCUT2D eigenvalue weighted by molar-refractivity contribution is 0.0991. The summed E-state index contributed by atoms with van der Waals surface area (Å²) in [5.41, 5.74) is 2.94. The van der Waals surface area contributed by atoms with Gasteiger partial charge in [-0.3, -0.25) is 4.79 Å². The molecule has 0 bridgehead atoms. The lowest BCUT2D eigenvalue weighted by Crippen LogP contribution is -2.44. The third-order valence-electron chi connectivity index (χ3n) is 5.59. The van der Waals surface area contributed by atoms with Gasteiger partial charge in [0, 0.05) is 48.9 Å². The summed E-state index contributed by atoms with van der Waals surface area (Å²) in [6, 6.07) is 11.3. The Kier molecular flexibility index (Phi) is 5.13. The molecule has 1 aliphatic heterocycles. The molecule has 1 fully saturated rings. The van der Waals surface area contributed by atoms with E-state index in [0.717, 1.165) is 48.5 Å². The van der Waals surface area contributed by atoms with E-state index in [1.165, 1.54) is 6.39 Å². The van der Waals surface area contributed by atoms with Crippen LogP contribution in [0.3, 0.4) is 0 Å². The summed E-state index contributed by atoms with van der Waals surface area (Å²) in [5.74, 6) is 1.53. The fourth-order valence-corrected chi connectivity index (χ4v) is 3.75. The molecule has 3 aromatic heterocycles. The fraction of sp³-hybridized carbons (Fsp3) is 0.261. The lowest BCUT2D eigenvalue weighted by atomic mass is 10.1. The minimum atomic E-state index is -0.00202. The van der Waals surface area contributed by atoms with Crippen molar-refractivity contribution in [3.8, 4) is 11.3 Å². The second kappa shape index (κ2) is 8.23. The highest BCUT2D eigenvalue weighted by molar-refractivity contribution is 5.98. The molecule has 1 aliphatic rings. The number of hydrogen-bond acceptors (Lipinski definition) is 8. The Morgan fingerprint density at radius 2 is 1.94 bits per heavy atom. The second-order valence-corrected chi connectivity index (χ2v) is 7.77. The predicted molar refractivity (Wildman–Crippen MR) is 117 cm³/mol. The van der Waals surface area contributed by atoms with E-state index in [1.807, 2.05) is 30.3 Å². The Labute approximate surface area is 179 Å². The van der Waals surface area contributed by atoms with Crippen molar-refractivity contribution in [1.29, 1.82) is 0 Å². The van der Waals surface area contributed by atoms with Gasteiger partial charge in [-0.15, -0.1) is 0 Å². The number of Topliss-reactive ketones (excluding diaryl/α,β-unsaturated/α-hetero) is 1. The van der Waals surface area contributed by atoms with Gasteiger partial charge in [-0.1, -0.05) is 0 Å². The predicted octanol–water partition coefficient (Wildman–Crippen LogP) is 2.86. The Morgan fingerprint density at radius 3 is 2.74 bits per heavy atom. The molecule has 31 heavy (non-hydrogen) atoms. The van der Waals surface area contributed by atoms with Crippen LogP contribution >= 0.6 is 0 Å². The number of anilines is 1. The number of aromatic nitrogens is 4. The zero-order valence-electron chi connectivity index (χ0n) is 17.2. The van der Waals surface area contributed by atoms with Gasteiger partial charge < -0.3 is 14.2 Å². The molecule has 0 saturated carbocycles. The molecule has 0 unspecified atom stereocenters. The second-order valence-electron chi connectivity index (χ2n) is 7.77. The van der Waals surface area contributed by atoms with Gasteiger partial charge in [-0.05, 0) is 43.4 Å². The van der Waals surface area contributed by atoms with E-state index in [0.29, 0.717) is 17.0 Å². The highest BCUT2D eigenvalue weighted by Crippen LogP contribution is 2.24. The number of nitrogens with zero attached hydrogens (tertiary/aromatic N) is 6. The maximum atomic E-state index is 12.9. The van der Waals surface area contributed by atoms with Crippen LogP contribution in [-0.4, -0.2) is 64.1 Å². The van der Waals surface area contributed by atoms with Crippen LogP contribution < -0.4 is 4.90 Å². The van der Waals surface area contributed by atoms with E-state index in [4.69, 9.17) is 4.42 Å². The smallest absolute Gasteiger partial charge is 0.181 e. The van der Waals surface area contributed by atoms with Gasteiger partial charge in [0.1, 0.15) is 5.82 Å². The number of rotatable bonds is 5. The van der Waals surface area contributed by atoms with Crippen molar-refractivity contribution < 1.29 is 9.21 Å². The lowest BCUT2D eigenvalue weighted by Gasteiger charge is -2.33. The van der Waals surface area contributed by atoms with E-state index in [1.54, 1.807) is 18.5 Å². The standard InChI is InChI=1S/C23H22N6O2/c1-28-6-8-29(9-7-28)23-12-16(4-5-25-23)21(30)13-19-11-18-10-17(22-14-24-15-31-22)2-3-20(18)27-26-19/h2-5,10-12,14-15H,6-9,13H2,1H3. The number of piperazine rings is 1. The summed E-state index contributed by atoms with van der Waals surface area (Å²) in [6.07, 6.45) is 4.96. The van der Waals surface area contributed by atoms with Crippen LogP contribution in [0.2, 0.25) is 0 Å². The summed E-state index contributed by atoms with van der Waals surface area (Å²) < 4.78 is 5.37. The Bertz CT molecular complexity index is 1220.